The topological polar surface area (TPSA) is 99.4 Å². The maximum atomic E-state index is 12.6. The second kappa shape index (κ2) is 9.93. The maximum Gasteiger partial charge on any atom is 0.330 e. The molecule has 0 spiro atoms. The molecule has 0 aliphatic carbocycles. The average molecular weight is 451 g/mol. The van der Waals surface area contributed by atoms with E-state index in [2.05, 4.69) is 60.3 Å². The molecule has 0 bridgehead atoms. The van der Waals surface area contributed by atoms with E-state index in [0.717, 1.165) is 10.4 Å². The van der Waals surface area contributed by atoms with Crippen LogP contribution < -0.4 is 21.4 Å². The Balaban J connectivity index is 2.02. The number of nitrogen functional groups attached to an aromatic ring is 1. The fourth-order valence-corrected chi connectivity index (χ4v) is 8.49. The largest absolute Gasteiger partial charge is 0.467 e. The molecule has 1 atom stereocenters. The number of hydrogen-bond acceptors (Lipinski definition) is 7. The molecule has 2 aromatic carbocycles. The van der Waals surface area contributed by atoms with E-state index in [-0.39, 0.29) is 17.6 Å². The number of nitrogens with two attached hydrogens (primary N) is 1. The number of rotatable bonds is 8. The summed E-state index contributed by atoms with van der Waals surface area (Å²) in [5.74, 6) is 0.102. The van der Waals surface area contributed by atoms with E-state index in [1.54, 1.807) is 6.07 Å². The summed E-state index contributed by atoms with van der Waals surface area (Å²) in [4.78, 5) is 20.7. The van der Waals surface area contributed by atoms with Gasteiger partial charge in [-0.1, -0.05) is 81.4 Å². The van der Waals surface area contributed by atoms with Gasteiger partial charge in [0.05, 0.1) is 13.7 Å². The third kappa shape index (κ3) is 4.98. The van der Waals surface area contributed by atoms with Crippen molar-refractivity contribution >= 4 is 36.4 Å². The van der Waals surface area contributed by atoms with Gasteiger partial charge in [-0.3, -0.25) is 0 Å². The highest BCUT2D eigenvalue weighted by Crippen LogP contribution is 2.36. The van der Waals surface area contributed by atoms with Crippen LogP contribution in [-0.2, 0) is 14.0 Å². The quantitative estimate of drug-likeness (QED) is 0.402. The van der Waals surface area contributed by atoms with Gasteiger partial charge in [0.15, 0.2) is 0 Å². The minimum atomic E-state index is -2.80. The minimum Gasteiger partial charge on any atom is -0.467 e. The Morgan fingerprint density at radius 2 is 1.59 bits per heavy atom. The van der Waals surface area contributed by atoms with Crippen LogP contribution >= 0.6 is 0 Å². The lowest BCUT2D eigenvalue weighted by Crippen LogP contribution is -2.67. The van der Waals surface area contributed by atoms with Crippen LogP contribution in [0.4, 0.5) is 11.8 Å². The molecular weight excluding hydrogens is 420 g/mol. The number of esters is 1. The molecule has 0 radical (unpaired) electrons. The molecule has 0 saturated heterocycles. The second-order valence-electron chi connectivity index (χ2n) is 8.49. The summed E-state index contributed by atoms with van der Waals surface area (Å²) in [5, 5.41) is 5.14. The monoisotopic (exact) mass is 450 g/mol. The highest BCUT2D eigenvalue weighted by molar-refractivity contribution is 6.99. The Hall–Kier alpha value is -3.23. The van der Waals surface area contributed by atoms with Gasteiger partial charge >= 0.3 is 5.97 Å². The van der Waals surface area contributed by atoms with Gasteiger partial charge in [-0.05, 0) is 21.5 Å². The van der Waals surface area contributed by atoms with Gasteiger partial charge in [0.25, 0.3) is 8.32 Å². The number of carbonyl (C=O) groups excluding carboxylic acids is 1. The summed E-state index contributed by atoms with van der Waals surface area (Å²) in [7, 11) is -1.45. The molecule has 0 amide bonds. The van der Waals surface area contributed by atoms with E-state index in [0.29, 0.717) is 5.82 Å². The molecule has 8 heteroatoms. The van der Waals surface area contributed by atoms with Crippen molar-refractivity contribution in [1.82, 2.24) is 9.97 Å². The van der Waals surface area contributed by atoms with Crippen LogP contribution in [0.1, 0.15) is 20.8 Å². The molecule has 1 aromatic heterocycles. The van der Waals surface area contributed by atoms with Crippen molar-refractivity contribution in [3.63, 3.8) is 0 Å². The smallest absolute Gasteiger partial charge is 0.330 e. The zero-order valence-electron chi connectivity index (χ0n) is 18.9. The molecule has 0 fully saturated rings. The third-order valence-electron chi connectivity index (χ3n) is 5.37. The van der Waals surface area contributed by atoms with Crippen molar-refractivity contribution in [2.24, 2.45) is 0 Å². The lowest BCUT2D eigenvalue weighted by atomic mass is 10.2. The molecule has 0 saturated carbocycles. The van der Waals surface area contributed by atoms with Crippen molar-refractivity contribution in [2.75, 3.05) is 24.8 Å². The van der Waals surface area contributed by atoms with Crippen molar-refractivity contribution in [3.8, 4) is 0 Å². The molecule has 0 aliphatic rings. The lowest BCUT2D eigenvalue weighted by Gasteiger charge is -2.43. The van der Waals surface area contributed by atoms with E-state index in [9.17, 15) is 4.79 Å². The number of nitrogens with zero attached hydrogens (tertiary/aromatic N) is 2. The summed E-state index contributed by atoms with van der Waals surface area (Å²) in [6.07, 6.45) is 1.53. The molecule has 168 valence electrons. The summed E-state index contributed by atoms with van der Waals surface area (Å²) in [6.45, 7) is 6.66. The number of benzene rings is 2. The molecule has 7 nitrogen and oxygen atoms in total. The maximum absolute atomic E-state index is 12.6. The molecule has 1 unspecified atom stereocenters. The summed E-state index contributed by atoms with van der Waals surface area (Å²) < 4.78 is 11.9. The van der Waals surface area contributed by atoms with Gasteiger partial charge in [0.1, 0.15) is 11.9 Å². The molecular formula is C24H30N4O3Si. The van der Waals surface area contributed by atoms with E-state index in [4.69, 9.17) is 14.9 Å². The van der Waals surface area contributed by atoms with Crippen molar-refractivity contribution in [3.05, 3.63) is 72.9 Å². The average Bonchev–Trinajstić information content (AvgIpc) is 2.78. The van der Waals surface area contributed by atoms with Gasteiger partial charge in [0, 0.05) is 6.20 Å². The lowest BCUT2D eigenvalue weighted by molar-refractivity contribution is -0.142. The van der Waals surface area contributed by atoms with E-state index in [1.807, 2.05) is 36.4 Å². The fraction of sp³-hybridized carbons (Fsp3) is 0.292. The zero-order valence-corrected chi connectivity index (χ0v) is 19.9. The first-order chi connectivity index (χ1) is 15.3. The van der Waals surface area contributed by atoms with Gasteiger partial charge in [0.2, 0.25) is 5.95 Å². The number of ether oxygens (including phenoxy) is 1. The predicted octanol–water partition coefficient (Wildman–Crippen LogP) is 2.59. The Morgan fingerprint density at radius 3 is 2.06 bits per heavy atom. The third-order valence-corrected chi connectivity index (χ3v) is 10.4. The van der Waals surface area contributed by atoms with E-state index >= 15 is 0 Å². The number of methoxy groups -OCH3 is 1. The van der Waals surface area contributed by atoms with Crippen LogP contribution in [0.3, 0.4) is 0 Å². The first-order valence-electron chi connectivity index (χ1n) is 10.5. The Morgan fingerprint density at radius 1 is 1.03 bits per heavy atom. The number of aromatic nitrogens is 2. The van der Waals surface area contributed by atoms with Crippen molar-refractivity contribution in [2.45, 2.75) is 31.9 Å². The first-order valence-corrected chi connectivity index (χ1v) is 12.4. The van der Waals surface area contributed by atoms with E-state index in [1.165, 1.54) is 13.3 Å². The Kier molecular flexibility index (Phi) is 7.27. The number of carbonyl (C=O) groups is 1. The van der Waals surface area contributed by atoms with Crippen LogP contribution in [0.2, 0.25) is 5.04 Å². The fourth-order valence-electron chi connectivity index (χ4n) is 3.91. The zero-order chi connectivity index (χ0) is 23.2. The first kappa shape index (κ1) is 23.4. The standard InChI is InChI=1S/C24H30N4O3Si/c1-24(2,3)32(18-11-7-5-8-12-18,19-13-9-6-10-14-19)31-17-20(22(29)30-4)27-21-15-16-26-23(25)28-21/h5-16,20H,17H2,1-4H3,(H3,25,26,27,28). The molecule has 3 rings (SSSR count). The summed E-state index contributed by atoms with van der Waals surface area (Å²) >= 11 is 0. The molecule has 3 aromatic rings. The Labute approximate surface area is 190 Å². The van der Waals surface area contributed by atoms with Gasteiger partial charge < -0.3 is 20.2 Å². The van der Waals surface area contributed by atoms with Crippen LogP contribution in [-0.4, -0.2) is 44.0 Å². The second-order valence-corrected chi connectivity index (χ2v) is 12.8. The molecule has 3 N–H and O–H groups in total. The van der Waals surface area contributed by atoms with Crippen molar-refractivity contribution < 1.29 is 14.0 Å². The van der Waals surface area contributed by atoms with Gasteiger partial charge in [-0.15, -0.1) is 0 Å². The highest BCUT2D eigenvalue weighted by Gasteiger charge is 2.50. The highest BCUT2D eigenvalue weighted by atomic mass is 28.4. The van der Waals surface area contributed by atoms with Crippen LogP contribution in [0.25, 0.3) is 0 Å². The minimum absolute atomic E-state index is 0.101. The number of nitrogens with one attached hydrogen (secondary N) is 1. The van der Waals surface area contributed by atoms with Crippen molar-refractivity contribution in [1.29, 1.82) is 0 Å². The molecule has 0 aliphatic heterocycles. The van der Waals surface area contributed by atoms with Gasteiger partial charge in [-0.25, -0.2) is 9.78 Å². The molecule has 1 heterocycles. The van der Waals surface area contributed by atoms with Crippen LogP contribution in [0.15, 0.2) is 72.9 Å². The summed E-state index contributed by atoms with van der Waals surface area (Å²) in [5.41, 5.74) is 5.69. The molecule has 32 heavy (non-hydrogen) atoms. The number of hydrogen-bond donors (Lipinski definition) is 2. The van der Waals surface area contributed by atoms with E-state index < -0.39 is 20.3 Å². The summed E-state index contributed by atoms with van der Waals surface area (Å²) in [6, 6.07) is 21.4. The number of anilines is 2. The Bertz CT molecular complexity index is 987. The SMILES string of the molecule is COC(=O)C(CO[Si](c1ccccc1)(c1ccccc1)C(C)(C)C)Nc1ccnc(N)n1. The van der Waals surface area contributed by atoms with Crippen LogP contribution in [0, 0.1) is 0 Å². The predicted molar refractivity (Wildman–Crippen MR) is 129 cm³/mol. The van der Waals surface area contributed by atoms with Crippen LogP contribution in [0.5, 0.6) is 0 Å². The normalized spacial score (nSPS) is 12.8. The van der Waals surface area contributed by atoms with Gasteiger partial charge in [-0.2, -0.15) is 4.98 Å².